The number of hydrogen-bond donors (Lipinski definition) is 1. The van der Waals surface area contributed by atoms with Gasteiger partial charge in [0.15, 0.2) is 12.4 Å². The third-order valence-electron chi connectivity index (χ3n) is 3.12. The lowest BCUT2D eigenvalue weighted by Gasteiger charge is -2.11. The van der Waals surface area contributed by atoms with Crippen molar-refractivity contribution in [2.24, 2.45) is 0 Å². The number of H-pyrrole nitrogens is 1. The molecule has 1 heterocycles. The number of aromatic amines is 1. The number of nitrogens with one attached hydrogen (secondary N) is 2. The lowest BCUT2D eigenvalue weighted by atomic mass is 9.97. The summed E-state index contributed by atoms with van der Waals surface area (Å²) in [6.45, 7) is 2.64. The van der Waals surface area contributed by atoms with Crippen molar-refractivity contribution in [3.8, 4) is 0 Å². The van der Waals surface area contributed by atoms with E-state index in [2.05, 4.69) is 29.4 Å². The number of carbonyl (C=O) groups is 1. The van der Waals surface area contributed by atoms with Gasteiger partial charge in [0, 0.05) is 24.6 Å². The van der Waals surface area contributed by atoms with E-state index in [1.54, 1.807) is 0 Å². The minimum Gasteiger partial charge on any atom is -0.352 e. The molecule has 2 N–H and O–H groups in total. The Kier molecular flexibility index (Phi) is 4.67. The van der Waals surface area contributed by atoms with Crippen LogP contribution in [0.5, 0.6) is 0 Å². The fourth-order valence-electron chi connectivity index (χ4n) is 1.99. The Bertz CT molecular complexity index is 511. The van der Waals surface area contributed by atoms with Crippen LogP contribution >= 0.6 is 0 Å². The number of hydrogen-bond acceptors (Lipinski definition) is 1. The van der Waals surface area contributed by atoms with Crippen molar-refractivity contribution in [3.05, 3.63) is 66.0 Å². The monoisotopic (exact) mass is 255 g/mol. The van der Waals surface area contributed by atoms with Gasteiger partial charge in [0.1, 0.15) is 0 Å². The second kappa shape index (κ2) is 6.69. The zero-order valence-corrected chi connectivity index (χ0v) is 11.1. The van der Waals surface area contributed by atoms with Crippen molar-refractivity contribution in [2.45, 2.75) is 25.8 Å². The Hall–Kier alpha value is -2.16. The topological polar surface area (TPSA) is 43.2 Å². The standard InChI is InChI=1S/C16H18N2O/c1-13(15-7-3-2-4-8-15)10-16(19)18-12-14-6-5-9-17-11-14/h2-9,11,13H,10,12H2,1H3,(H,18,19)/p+1. The summed E-state index contributed by atoms with van der Waals surface area (Å²) in [5, 5.41) is 2.94. The SMILES string of the molecule is CC(CC(=O)NCc1ccc[nH+]c1)c1ccccc1. The molecular formula is C16H19N2O+. The maximum atomic E-state index is 11.9. The maximum absolute atomic E-state index is 11.9. The van der Waals surface area contributed by atoms with Crippen molar-refractivity contribution in [1.82, 2.24) is 5.32 Å². The maximum Gasteiger partial charge on any atom is 0.220 e. The van der Waals surface area contributed by atoms with E-state index in [0.717, 1.165) is 5.56 Å². The second-order valence-electron chi connectivity index (χ2n) is 4.70. The average Bonchev–Trinajstić information content (AvgIpc) is 2.47. The van der Waals surface area contributed by atoms with Crippen LogP contribution < -0.4 is 10.3 Å². The summed E-state index contributed by atoms with van der Waals surface area (Å²) in [6.07, 6.45) is 4.25. The van der Waals surface area contributed by atoms with E-state index in [-0.39, 0.29) is 11.8 Å². The normalized spacial score (nSPS) is 11.8. The van der Waals surface area contributed by atoms with Gasteiger partial charge in [-0.1, -0.05) is 37.3 Å². The molecule has 3 nitrogen and oxygen atoms in total. The predicted octanol–water partition coefficient (Wildman–Crippen LogP) is 2.31. The summed E-state index contributed by atoms with van der Waals surface area (Å²) in [5.41, 5.74) is 2.27. The highest BCUT2D eigenvalue weighted by Gasteiger charge is 2.10. The molecule has 1 atom stereocenters. The highest BCUT2D eigenvalue weighted by Crippen LogP contribution is 2.18. The molecule has 2 rings (SSSR count). The number of amides is 1. The Morgan fingerprint density at radius 2 is 2.00 bits per heavy atom. The van der Waals surface area contributed by atoms with E-state index >= 15 is 0 Å². The summed E-state index contributed by atoms with van der Waals surface area (Å²) in [5.74, 6) is 0.323. The lowest BCUT2D eigenvalue weighted by molar-refractivity contribution is -0.378. The first-order valence-electron chi connectivity index (χ1n) is 6.52. The van der Waals surface area contributed by atoms with E-state index < -0.39 is 0 Å². The molecule has 0 fully saturated rings. The van der Waals surface area contributed by atoms with Crippen LogP contribution in [-0.4, -0.2) is 5.91 Å². The molecule has 0 aliphatic heterocycles. The zero-order chi connectivity index (χ0) is 13.5. The van der Waals surface area contributed by atoms with E-state index in [9.17, 15) is 4.79 Å². The Labute approximate surface area is 113 Å². The summed E-state index contributed by atoms with van der Waals surface area (Å²) >= 11 is 0. The summed E-state index contributed by atoms with van der Waals surface area (Å²) in [7, 11) is 0. The minimum absolute atomic E-state index is 0.0835. The molecule has 0 radical (unpaired) electrons. The molecule has 3 heteroatoms. The van der Waals surface area contributed by atoms with Gasteiger partial charge in [-0.25, -0.2) is 4.98 Å². The molecular weight excluding hydrogens is 236 g/mol. The van der Waals surface area contributed by atoms with E-state index in [0.29, 0.717) is 13.0 Å². The first kappa shape index (κ1) is 13.3. The van der Waals surface area contributed by atoms with E-state index in [1.807, 2.05) is 42.7 Å². The van der Waals surface area contributed by atoms with Gasteiger partial charge >= 0.3 is 0 Å². The number of aromatic nitrogens is 1. The van der Waals surface area contributed by atoms with Crippen LogP contribution in [0.15, 0.2) is 54.9 Å². The fourth-order valence-corrected chi connectivity index (χ4v) is 1.99. The van der Waals surface area contributed by atoms with E-state index in [1.165, 1.54) is 5.56 Å². The molecule has 1 aromatic carbocycles. The molecule has 1 unspecified atom stereocenters. The molecule has 1 amide bonds. The van der Waals surface area contributed by atoms with Gasteiger partial charge < -0.3 is 5.32 Å². The average molecular weight is 255 g/mol. The second-order valence-corrected chi connectivity index (χ2v) is 4.70. The largest absolute Gasteiger partial charge is 0.352 e. The Morgan fingerprint density at radius 3 is 2.68 bits per heavy atom. The third-order valence-corrected chi connectivity index (χ3v) is 3.12. The van der Waals surface area contributed by atoms with Crippen LogP contribution in [0, 0.1) is 0 Å². The number of carbonyl (C=O) groups excluding carboxylic acids is 1. The molecule has 0 bridgehead atoms. The van der Waals surface area contributed by atoms with Gasteiger partial charge in [-0.2, -0.15) is 0 Å². The Balaban J connectivity index is 1.82. The lowest BCUT2D eigenvalue weighted by Crippen LogP contribution is -2.24. The molecule has 0 spiro atoms. The molecule has 2 aromatic rings. The molecule has 0 saturated heterocycles. The van der Waals surface area contributed by atoms with Gasteiger partial charge in [0.05, 0.1) is 0 Å². The quantitative estimate of drug-likeness (QED) is 0.875. The van der Waals surface area contributed by atoms with E-state index in [4.69, 9.17) is 0 Å². The molecule has 98 valence electrons. The van der Waals surface area contributed by atoms with Crippen molar-refractivity contribution in [3.63, 3.8) is 0 Å². The van der Waals surface area contributed by atoms with Crippen LogP contribution in [0.3, 0.4) is 0 Å². The highest BCUT2D eigenvalue weighted by atomic mass is 16.1. The van der Waals surface area contributed by atoms with Crippen molar-refractivity contribution < 1.29 is 9.78 Å². The minimum atomic E-state index is 0.0835. The molecule has 19 heavy (non-hydrogen) atoms. The Morgan fingerprint density at radius 1 is 1.21 bits per heavy atom. The van der Waals surface area contributed by atoms with Crippen molar-refractivity contribution in [1.29, 1.82) is 0 Å². The molecule has 1 aromatic heterocycles. The van der Waals surface area contributed by atoms with Gasteiger partial charge in [-0.3, -0.25) is 4.79 Å². The first-order chi connectivity index (χ1) is 9.25. The summed E-state index contributed by atoms with van der Waals surface area (Å²) in [4.78, 5) is 14.9. The number of benzene rings is 1. The van der Waals surface area contributed by atoms with Crippen molar-refractivity contribution >= 4 is 5.91 Å². The first-order valence-corrected chi connectivity index (χ1v) is 6.52. The third kappa shape index (κ3) is 4.21. The van der Waals surface area contributed by atoms with Crippen LogP contribution in [-0.2, 0) is 11.3 Å². The number of rotatable bonds is 5. The number of pyridine rings is 1. The van der Waals surface area contributed by atoms with Gasteiger partial charge in [0.25, 0.3) is 0 Å². The van der Waals surface area contributed by atoms with Gasteiger partial charge in [0.2, 0.25) is 5.91 Å². The van der Waals surface area contributed by atoms with Crippen LogP contribution in [0.4, 0.5) is 0 Å². The van der Waals surface area contributed by atoms with Crippen LogP contribution in [0.1, 0.15) is 30.4 Å². The summed E-state index contributed by atoms with van der Waals surface area (Å²) in [6, 6.07) is 14.0. The smallest absolute Gasteiger partial charge is 0.220 e. The molecule has 0 aliphatic rings. The zero-order valence-electron chi connectivity index (χ0n) is 11.1. The molecule has 0 saturated carbocycles. The fraction of sp³-hybridized carbons (Fsp3) is 0.250. The van der Waals surface area contributed by atoms with Crippen molar-refractivity contribution in [2.75, 3.05) is 0 Å². The van der Waals surface area contributed by atoms with Crippen LogP contribution in [0.2, 0.25) is 0 Å². The summed E-state index contributed by atoms with van der Waals surface area (Å²) < 4.78 is 0. The van der Waals surface area contributed by atoms with Gasteiger partial charge in [-0.15, -0.1) is 0 Å². The predicted molar refractivity (Wildman–Crippen MR) is 74.3 cm³/mol. The highest BCUT2D eigenvalue weighted by molar-refractivity contribution is 5.76. The van der Waals surface area contributed by atoms with Gasteiger partial charge in [-0.05, 0) is 17.5 Å². The van der Waals surface area contributed by atoms with Crippen LogP contribution in [0.25, 0.3) is 0 Å². The molecule has 0 aliphatic carbocycles.